The molecule has 0 aliphatic carbocycles. The minimum atomic E-state index is -3.62. The first-order chi connectivity index (χ1) is 13.7. The van der Waals surface area contributed by atoms with Gasteiger partial charge in [0, 0.05) is 17.3 Å². The molecule has 5 nitrogen and oxygen atoms in total. The molecule has 0 aromatic heterocycles. The Morgan fingerprint density at radius 2 is 1.93 bits per heavy atom. The molecule has 0 aliphatic heterocycles. The van der Waals surface area contributed by atoms with Crippen LogP contribution in [0.5, 0.6) is 0 Å². The fraction of sp³-hybridized carbons (Fsp3) is 0.381. The van der Waals surface area contributed by atoms with Crippen molar-refractivity contribution >= 4 is 45.0 Å². The van der Waals surface area contributed by atoms with Crippen LogP contribution in [0.15, 0.2) is 42.5 Å². The molecule has 0 fully saturated rings. The fourth-order valence-electron chi connectivity index (χ4n) is 2.81. The second-order valence-corrected chi connectivity index (χ2v) is 10.4. The molecule has 29 heavy (non-hydrogen) atoms. The zero-order valence-corrected chi connectivity index (χ0v) is 19.3. The molecule has 1 N–H and O–H groups in total. The highest BCUT2D eigenvalue weighted by molar-refractivity contribution is 7.98. The van der Waals surface area contributed by atoms with E-state index in [9.17, 15) is 13.2 Å². The predicted octanol–water partition coefficient (Wildman–Crippen LogP) is 4.16. The standard InChI is InChI=1S/C21H27ClN2O3S2/c1-16-6-4-7-18(12-16)15-28-11-5-10-23-21(25)14-24(29(3,26)27)20-13-19(22)9-8-17(20)2/h4,6-9,12-13H,5,10-11,14-15H2,1-3H3,(H,23,25). The largest absolute Gasteiger partial charge is 0.354 e. The average Bonchev–Trinajstić information content (AvgIpc) is 2.64. The third-order valence-corrected chi connectivity index (χ3v) is 6.74. The van der Waals surface area contributed by atoms with Crippen molar-refractivity contribution in [2.75, 3.05) is 29.4 Å². The van der Waals surface area contributed by atoms with Crippen LogP contribution in [0, 0.1) is 13.8 Å². The highest BCUT2D eigenvalue weighted by Crippen LogP contribution is 2.26. The summed E-state index contributed by atoms with van der Waals surface area (Å²) >= 11 is 7.82. The number of carbonyl (C=O) groups excluding carboxylic acids is 1. The lowest BCUT2D eigenvalue weighted by Crippen LogP contribution is -2.41. The van der Waals surface area contributed by atoms with Crippen molar-refractivity contribution in [3.05, 3.63) is 64.2 Å². The van der Waals surface area contributed by atoms with Crippen molar-refractivity contribution in [3.63, 3.8) is 0 Å². The lowest BCUT2D eigenvalue weighted by atomic mass is 10.2. The number of hydrogen-bond acceptors (Lipinski definition) is 4. The number of amides is 1. The number of rotatable bonds is 10. The van der Waals surface area contributed by atoms with Crippen molar-refractivity contribution in [3.8, 4) is 0 Å². The Labute approximate surface area is 182 Å². The number of nitrogens with zero attached hydrogens (tertiary/aromatic N) is 1. The predicted molar refractivity (Wildman–Crippen MR) is 123 cm³/mol. The molecule has 0 aliphatic rings. The summed E-state index contributed by atoms with van der Waals surface area (Å²) in [6.45, 7) is 4.10. The van der Waals surface area contributed by atoms with Crippen LogP contribution in [0.25, 0.3) is 0 Å². The lowest BCUT2D eigenvalue weighted by Gasteiger charge is -2.23. The molecule has 0 unspecified atom stereocenters. The molecule has 2 rings (SSSR count). The van der Waals surface area contributed by atoms with Crippen molar-refractivity contribution < 1.29 is 13.2 Å². The third kappa shape index (κ3) is 7.91. The van der Waals surface area contributed by atoms with Gasteiger partial charge >= 0.3 is 0 Å². The maximum Gasteiger partial charge on any atom is 0.240 e. The Kier molecular flexibility index (Phi) is 8.86. The molecule has 0 atom stereocenters. The summed E-state index contributed by atoms with van der Waals surface area (Å²) in [4.78, 5) is 12.3. The normalized spacial score (nSPS) is 11.3. The van der Waals surface area contributed by atoms with Crippen molar-refractivity contribution in [2.24, 2.45) is 0 Å². The number of sulfonamides is 1. The van der Waals surface area contributed by atoms with Gasteiger partial charge in [0.1, 0.15) is 6.54 Å². The summed E-state index contributed by atoms with van der Waals surface area (Å²) < 4.78 is 25.5. The molecular formula is C21H27ClN2O3S2. The first-order valence-electron chi connectivity index (χ1n) is 9.30. The second kappa shape index (κ2) is 10.9. The Morgan fingerprint density at radius 3 is 2.62 bits per heavy atom. The highest BCUT2D eigenvalue weighted by Gasteiger charge is 2.22. The average molecular weight is 455 g/mol. The SMILES string of the molecule is Cc1cccc(CSCCCNC(=O)CN(c2cc(Cl)ccc2C)S(C)(=O)=O)c1. The first kappa shape index (κ1) is 23.6. The van der Waals surface area contributed by atoms with Crippen molar-refractivity contribution in [2.45, 2.75) is 26.0 Å². The molecule has 1 amide bonds. The maximum atomic E-state index is 12.3. The van der Waals surface area contributed by atoms with Crippen LogP contribution in [-0.4, -0.2) is 39.4 Å². The van der Waals surface area contributed by atoms with Gasteiger partial charge in [-0.1, -0.05) is 47.5 Å². The lowest BCUT2D eigenvalue weighted by molar-refractivity contribution is -0.119. The second-order valence-electron chi connectivity index (χ2n) is 6.95. The van der Waals surface area contributed by atoms with E-state index in [1.807, 2.05) is 11.8 Å². The molecule has 0 saturated heterocycles. The number of benzene rings is 2. The van der Waals surface area contributed by atoms with Gasteiger partial charge in [0.15, 0.2) is 0 Å². The van der Waals surface area contributed by atoms with Crippen LogP contribution in [0.4, 0.5) is 5.69 Å². The van der Waals surface area contributed by atoms with E-state index in [2.05, 4.69) is 36.5 Å². The first-order valence-corrected chi connectivity index (χ1v) is 12.7. The maximum absolute atomic E-state index is 12.3. The Morgan fingerprint density at radius 1 is 1.17 bits per heavy atom. The van der Waals surface area contributed by atoms with E-state index >= 15 is 0 Å². The van der Waals surface area contributed by atoms with Crippen LogP contribution >= 0.6 is 23.4 Å². The van der Waals surface area contributed by atoms with Crippen LogP contribution in [0.1, 0.15) is 23.1 Å². The minimum absolute atomic E-state index is 0.267. The van der Waals surface area contributed by atoms with E-state index in [0.29, 0.717) is 17.3 Å². The van der Waals surface area contributed by atoms with Crippen LogP contribution < -0.4 is 9.62 Å². The van der Waals surface area contributed by atoms with Gasteiger partial charge < -0.3 is 5.32 Å². The van der Waals surface area contributed by atoms with Gasteiger partial charge in [-0.25, -0.2) is 8.42 Å². The smallest absolute Gasteiger partial charge is 0.240 e. The van der Waals surface area contributed by atoms with Gasteiger partial charge in [-0.05, 0) is 49.3 Å². The number of aryl methyl sites for hydroxylation is 2. The number of carbonyl (C=O) groups is 1. The van der Waals surface area contributed by atoms with Crippen LogP contribution in [0.3, 0.4) is 0 Å². The molecule has 0 spiro atoms. The van der Waals surface area contributed by atoms with E-state index in [4.69, 9.17) is 11.6 Å². The van der Waals surface area contributed by atoms with E-state index < -0.39 is 10.0 Å². The molecule has 0 radical (unpaired) electrons. The van der Waals surface area contributed by atoms with Gasteiger partial charge in [-0.15, -0.1) is 0 Å². The number of hydrogen-bond donors (Lipinski definition) is 1. The molecule has 0 saturated carbocycles. The van der Waals surface area contributed by atoms with E-state index in [1.165, 1.54) is 11.1 Å². The van der Waals surface area contributed by atoms with Crippen molar-refractivity contribution in [1.29, 1.82) is 0 Å². The van der Waals surface area contributed by atoms with Gasteiger partial charge in [-0.3, -0.25) is 9.10 Å². The molecule has 2 aromatic rings. The monoisotopic (exact) mass is 454 g/mol. The quantitative estimate of drug-likeness (QED) is 0.547. The molecule has 8 heteroatoms. The fourth-order valence-corrected chi connectivity index (χ4v) is 4.79. The van der Waals surface area contributed by atoms with Crippen LogP contribution in [-0.2, 0) is 20.6 Å². The Hall–Kier alpha value is -1.70. The molecular weight excluding hydrogens is 428 g/mol. The Bertz CT molecular complexity index is 949. The molecule has 0 bridgehead atoms. The van der Waals surface area contributed by atoms with E-state index in [1.54, 1.807) is 25.1 Å². The molecule has 158 valence electrons. The van der Waals surface area contributed by atoms with Gasteiger partial charge in [0.2, 0.25) is 15.9 Å². The molecule has 2 aromatic carbocycles. The summed E-state index contributed by atoms with van der Waals surface area (Å²) in [7, 11) is -3.62. The van der Waals surface area contributed by atoms with Gasteiger partial charge in [0.25, 0.3) is 0 Å². The Balaban J connectivity index is 1.81. The number of nitrogens with one attached hydrogen (secondary N) is 1. The number of halogens is 1. The molecule has 0 heterocycles. The summed E-state index contributed by atoms with van der Waals surface area (Å²) in [6, 6.07) is 13.4. The van der Waals surface area contributed by atoms with E-state index in [-0.39, 0.29) is 12.5 Å². The summed E-state index contributed by atoms with van der Waals surface area (Å²) in [5.41, 5.74) is 3.70. The number of thioether (sulfide) groups is 1. The summed E-state index contributed by atoms with van der Waals surface area (Å²) in [5.74, 6) is 1.52. The van der Waals surface area contributed by atoms with Gasteiger partial charge in [-0.2, -0.15) is 11.8 Å². The summed E-state index contributed by atoms with van der Waals surface area (Å²) in [6.07, 6.45) is 1.90. The zero-order chi connectivity index (χ0) is 21.4. The van der Waals surface area contributed by atoms with Crippen molar-refractivity contribution in [1.82, 2.24) is 5.32 Å². The minimum Gasteiger partial charge on any atom is -0.354 e. The highest BCUT2D eigenvalue weighted by atomic mass is 35.5. The number of anilines is 1. The van der Waals surface area contributed by atoms with E-state index in [0.717, 1.165) is 34.1 Å². The van der Waals surface area contributed by atoms with Crippen LogP contribution in [0.2, 0.25) is 5.02 Å². The van der Waals surface area contributed by atoms with Gasteiger partial charge in [0.05, 0.1) is 11.9 Å². The topological polar surface area (TPSA) is 66.5 Å². The zero-order valence-electron chi connectivity index (χ0n) is 16.9. The third-order valence-electron chi connectivity index (χ3n) is 4.27. The summed E-state index contributed by atoms with van der Waals surface area (Å²) in [5, 5.41) is 3.23.